The summed E-state index contributed by atoms with van der Waals surface area (Å²) in [6, 6.07) is 4.09. The molecule has 0 radical (unpaired) electrons. The minimum atomic E-state index is -0.716. The van der Waals surface area contributed by atoms with Crippen molar-refractivity contribution in [3.8, 4) is 11.6 Å². The number of hydrogen-bond acceptors (Lipinski definition) is 3. The van der Waals surface area contributed by atoms with Gasteiger partial charge >= 0.3 is 0 Å². The third-order valence-corrected chi connectivity index (χ3v) is 2.56. The van der Waals surface area contributed by atoms with Crippen LogP contribution in [0.4, 0.5) is 13.2 Å². The first kappa shape index (κ1) is 14.3. The highest BCUT2D eigenvalue weighted by atomic mass is 19.1. The van der Waals surface area contributed by atoms with Gasteiger partial charge in [-0.15, -0.1) is 0 Å². The highest BCUT2D eigenvalue weighted by molar-refractivity contribution is 5.33. The number of rotatable bonds is 5. The largest absolute Gasteiger partial charge is 0.435 e. The first-order valence-electron chi connectivity index (χ1n) is 6.08. The van der Waals surface area contributed by atoms with Gasteiger partial charge < -0.3 is 10.1 Å². The molecule has 2 aromatic rings. The van der Waals surface area contributed by atoms with E-state index in [9.17, 15) is 13.2 Å². The highest BCUT2D eigenvalue weighted by Gasteiger charge is 2.12. The van der Waals surface area contributed by atoms with Crippen molar-refractivity contribution >= 4 is 0 Å². The number of aromatic nitrogens is 1. The van der Waals surface area contributed by atoms with Crippen LogP contribution in [0.1, 0.15) is 12.5 Å². The molecule has 1 aromatic heterocycles. The van der Waals surface area contributed by atoms with Gasteiger partial charge in [0, 0.05) is 18.2 Å². The van der Waals surface area contributed by atoms with Gasteiger partial charge in [-0.1, -0.05) is 6.92 Å². The standard InChI is InChI=1S/C14H13F3N2O/c1-2-18-7-9-5-11(16)8-19-14(9)20-13-6-10(15)3-4-12(13)17/h3-6,8,18H,2,7H2,1H3. The lowest BCUT2D eigenvalue weighted by Gasteiger charge is -2.11. The Labute approximate surface area is 114 Å². The Morgan fingerprint density at radius 2 is 1.95 bits per heavy atom. The van der Waals surface area contributed by atoms with Crippen molar-refractivity contribution in [2.75, 3.05) is 6.54 Å². The van der Waals surface area contributed by atoms with Gasteiger partial charge in [-0.2, -0.15) is 0 Å². The summed E-state index contributed by atoms with van der Waals surface area (Å²) in [5, 5.41) is 2.99. The summed E-state index contributed by atoms with van der Waals surface area (Å²) in [6.45, 7) is 2.87. The van der Waals surface area contributed by atoms with E-state index >= 15 is 0 Å². The fourth-order valence-corrected chi connectivity index (χ4v) is 1.61. The number of ether oxygens (including phenoxy) is 1. The van der Waals surface area contributed by atoms with E-state index in [-0.39, 0.29) is 11.6 Å². The molecule has 0 aliphatic rings. The topological polar surface area (TPSA) is 34.2 Å². The molecule has 2 rings (SSSR count). The number of pyridine rings is 1. The number of nitrogens with zero attached hydrogens (tertiary/aromatic N) is 1. The zero-order valence-corrected chi connectivity index (χ0v) is 10.8. The van der Waals surface area contributed by atoms with Gasteiger partial charge in [0.25, 0.3) is 0 Å². The average molecular weight is 282 g/mol. The minimum absolute atomic E-state index is 0.0388. The molecule has 0 aliphatic heterocycles. The van der Waals surface area contributed by atoms with E-state index in [1.54, 1.807) is 0 Å². The van der Waals surface area contributed by atoms with Crippen LogP contribution in [0.25, 0.3) is 0 Å². The predicted molar refractivity (Wildman–Crippen MR) is 68.0 cm³/mol. The van der Waals surface area contributed by atoms with E-state index in [4.69, 9.17) is 4.74 Å². The van der Waals surface area contributed by atoms with Crippen LogP contribution >= 0.6 is 0 Å². The van der Waals surface area contributed by atoms with Crippen LogP contribution in [-0.2, 0) is 6.54 Å². The monoisotopic (exact) mass is 282 g/mol. The van der Waals surface area contributed by atoms with E-state index in [1.807, 2.05) is 6.92 Å². The van der Waals surface area contributed by atoms with E-state index in [0.29, 0.717) is 18.7 Å². The molecule has 106 valence electrons. The number of hydrogen-bond donors (Lipinski definition) is 1. The van der Waals surface area contributed by atoms with E-state index in [1.165, 1.54) is 6.07 Å². The molecule has 1 aromatic carbocycles. The number of halogens is 3. The molecule has 0 aliphatic carbocycles. The Balaban J connectivity index is 2.30. The van der Waals surface area contributed by atoms with Gasteiger partial charge in [0.2, 0.25) is 5.88 Å². The van der Waals surface area contributed by atoms with E-state index < -0.39 is 17.5 Å². The summed E-state index contributed by atoms with van der Waals surface area (Å²) in [6.07, 6.45) is 0.960. The van der Waals surface area contributed by atoms with Gasteiger partial charge in [-0.3, -0.25) is 0 Å². The maximum atomic E-state index is 13.5. The smallest absolute Gasteiger partial charge is 0.224 e. The Morgan fingerprint density at radius 1 is 1.15 bits per heavy atom. The molecular weight excluding hydrogens is 269 g/mol. The van der Waals surface area contributed by atoms with Gasteiger partial charge in [0.1, 0.15) is 11.6 Å². The number of nitrogens with one attached hydrogen (secondary N) is 1. The van der Waals surface area contributed by atoms with Crippen molar-refractivity contribution in [1.82, 2.24) is 10.3 Å². The Morgan fingerprint density at radius 3 is 2.70 bits per heavy atom. The Hall–Kier alpha value is -2.08. The molecule has 20 heavy (non-hydrogen) atoms. The molecule has 0 spiro atoms. The third-order valence-electron chi connectivity index (χ3n) is 2.56. The van der Waals surface area contributed by atoms with Crippen LogP contribution in [0.3, 0.4) is 0 Å². The van der Waals surface area contributed by atoms with Gasteiger partial charge in [0.05, 0.1) is 6.20 Å². The SMILES string of the molecule is CCNCc1cc(F)cnc1Oc1cc(F)ccc1F. The molecule has 6 heteroatoms. The van der Waals surface area contributed by atoms with Crippen molar-refractivity contribution < 1.29 is 17.9 Å². The molecule has 0 saturated heterocycles. The summed E-state index contributed by atoms with van der Waals surface area (Å²) in [5.41, 5.74) is 0.426. The molecule has 0 fully saturated rings. The van der Waals surface area contributed by atoms with E-state index in [2.05, 4.69) is 10.3 Å². The lowest BCUT2D eigenvalue weighted by molar-refractivity contribution is 0.413. The maximum Gasteiger partial charge on any atom is 0.224 e. The average Bonchev–Trinajstić information content (AvgIpc) is 2.43. The van der Waals surface area contributed by atoms with Gasteiger partial charge in [-0.05, 0) is 24.7 Å². The Kier molecular flexibility index (Phi) is 4.57. The zero-order chi connectivity index (χ0) is 14.5. The van der Waals surface area contributed by atoms with Crippen LogP contribution in [0.5, 0.6) is 11.6 Å². The lowest BCUT2D eigenvalue weighted by Crippen LogP contribution is -2.13. The lowest BCUT2D eigenvalue weighted by atomic mass is 10.2. The van der Waals surface area contributed by atoms with Crippen molar-refractivity contribution in [1.29, 1.82) is 0 Å². The van der Waals surface area contributed by atoms with Crippen molar-refractivity contribution in [3.05, 3.63) is 53.5 Å². The number of benzene rings is 1. The summed E-state index contributed by atoms with van der Waals surface area (Å²) in [7, 11) is 0. The van der Waals surface area contributed by atoms with Crippen LogP contribution in [0, 0.1) is 17.5 Å². The fourth-order valence-electron chi connectivity index (χ4n) is 1.61. The molecule has 0 amide bonds. The highest BCUT2D eigenvalue weighted by Crippen LogP contribution is 2.26. The molecule has 0 bridgehead atoms. The summed E-state index contributed by atoms with van der Waals surface area (Å²) in [4.78, 5) is 3.77. The first-order valence-corrected chi connectivity index (χ1v) is 6.08. The quantitative estimate of drug-likeness (QED) is 0.912. The van der Waals surface area contributed by atoms with Crippen LogP contribution in [-0.4, -0.2) is 11.5 Å². The molecule has 1 heterocycles. The Bertz CT molecular complexity index is 605. The van der Waals surface area contributed by atoms with Crippen LogP contribution in [0.15, 0.2) is 30.5 Å². The molecule has 0 unspecified atom stereocenters. The normalized spacial score (nSPS) is 10.6. The van der Waals surface area contributed by atoms with Gasteiger partial charge in [0.15, 0.2) is 11.6 Å². The summed E-state index contributed by atoms with van der Waals surface area (Å²) >= 11 is 0. The predicted octanol–water partition coefficient (Wildman–Crippen LogP) is 3.40. The second-order valence-electron chi connectivity index (χ2n) is 4.07. The summed E-state index contributed by atoms with van der Waals surface area (Å²) < 4.78 is 45.0. The van der Waals surface area contributed by atoms with Crippen molar-refractivity contribution in [2.24, 2.45) is 0 Å². The zero-order valence-electron chi connectivity index (χ0n) is 10.8. The molecule has 1 N–H and O–H groups in total. The second kappa shape index (κ2) is 6.38. The minimum Gasteiger partial charge on any atom is -0.435 e. The first-order chi connectivity index (χ1) is 9.60. The third kappa shape index (κ3) is 3.48. The molecular formula is C14H13F3N2O. The fraction of sp³-hybridized carbons (Fsp3) is 0.214. The van der Waals surface area contributed by atoms with Crippen LogP contribution in [0.2, 0.25) is 0 Å². The second-order valence-corrected chi connectivity index (χ2v) is 4.07. The van der Waals surface area contributed by atoms with Crippen molar-refractivity contribution in [2.45, 2.75) is 13.5 Å². The van der Waals surface area contributed by atoms with E-state index in [0.717, 1.165) is 24.4 Å². The molecule has 0 saturated carbocycles. The van der Waals surface area contributed by atoms with Gasteiger partial charge in [-0.25, -0.2) is 18.2 Å². The maximum absolute atomic E-state index is 13.5. The van der Waals surface area contributed by atoms with Crippen molar-refractivity contribution in [3.63, 3.8) is 0 Å². The van der Waals surface area contributed by atoms with Crippen LogP contribution < -0.4 is 10.1 Å². The molecule has 3 nitrogen and oxygen atoms in total. The molecule has 0 atom stereocenters. The summed E-state index contributed by atoms with van der Waals surface area (Å²) in [5.74, 6) is -2.12.